The van der Waals surface area contributed by atoms with Gasteiger partial charge >= 0.3 is 0 Å². The number of methoxy groups -OCH3 is 1. The lowest BCUT2D eigenvalue weighted by Crippen LogP contribution is -2.27. The van der Waals surface area contributed by atoms with Crippen LogP contribution in [-0.2, 0) is 19.4 Å². The Morgan fingerprint density at radius 3 is 2.60 bits per heavy atom. The summed E-state index contributed by atoms with van der Waals surface area (Å²) < 4.78 is 27.0. The Morgan fingerprint density at radius 2 is 2.07 bits per heavy atom. The molecular weight excluding hydrogens is 218 g/mol. The van der Waals surface area contributed by atoms with Gasteiger partial charge in [-0.2, -0.15) is 0 Å². The van der Waals surface area contributed by atoms with Crippen molar-refractivity contribution < 1.29 is 17.9 Å². The predicted molar refractivity (Wildman–Crippen MR) is 58.7 cm³/mol. The molecule has 0 aliphatic carbocycles. The van der Waals surface area contributed by atoms with Gasteiger partial charge in [-0.3, -0.25) is 4.79 Å². The second-order valence-electron chi connectivity index (χ2n) is 3.19. The van der Waals surface area contributed by atoms with Crippen molar-refractivity contribution in [3.8, 4) is 0 Å². The third kappa shape index (κ3) is 8.53. The molecule has 0 atom stereocenters. The average molecular weight is 237 g/mol. The van der Waals surface area contributed by atoms with Crippen LogP contribution in [-0.4, -0.2) is 52.5 Å². The van der Waals surface area contributed by atoms with Crippen molar-refractivity contribution in [1.82, 2.24) is 5.32 Å². The highest BCUT2D eigenvalue weighted by molar-refractivity contribution is 7.91. The highest BCUT2D eigenvalue weighted by Crippen LogP contribution is 1.93. The number of sulfone groups is 1. The van der Waals surface area contributed by atoms with Crippen LogP contribution in [0.2, 0.25) is 0 Å². The maximum Gasteiger partial charge on any atom is 0.150 e. The molecule has 0 unspecified atom stereocenters. The fourth-order valence-electron chi connectivity index (χ4n) is 0.904. The van der Waals surface area contributed by atoms with Crippen molar-refractivity contribution in [2.45, 2.75) is 13.3 Å². The summed E-state index contributed by atoms with van der Waals surface area (Å²) in [6.07, 6.45) is 0.0934. The molecular formula is C9H19NO4S. The quantitative estimate of drug-likeness (QED) is 0.553. The summed E-state index contributed by atoms with van der Waals surface area (Å²) in [5, 5.41) is 2.87. The van der Waals surface area contributed by atoms with E-state index in [1.165, 1.54) is 0 Å². The number of carbonyl (C=O) groups excluding carboxylic acids is 1. The van der Waals surface area contributed by atoms with Crippen molar-refractivity contribution in [1.29, 1.82) is 0 Å². The summed E-state index contributed by atoms with van der Waals surface area (Å²) in [6.45, 7) is 2.93. The summed E-state index contributed by atoms with van der Waals surface area (Å²) in [5.74, 6) is -0.0331. The van der Waals surface area contributed by atoms with Gasteiger partial charge in [0.05, 0.1) is 18.9 Å². The molecule has 0 aliphatic heterocycles. The molecule has 0 fully saturated rings. The van der Waals surface area contributed by atoms with E-state index in [1.54, 1.807) is 14.0 Å². The molecule has 0 bridgehead atoms. The first-order valence-electron chi connectivity index (χ1n) is 4.93. The summed E-state index contributed by atoms with van der Waals surface area (Å²) in [6, 6.07) is 0. The molecule has 0 aromatic carbocycles. The first-order valence-corrected chi connectivity index (χ1v) is 6.75. The number of hydrogen-bond acceptors (Lipinski definition) is 5. The largest absolute Gasteiger partial charge is 0.383 e. The molecule has 1 N–H and O–H groups in total. The van der Waals surface area contributed by atoms with Gasteiger partial charge in [0, 0.05) is 25.8 Å². The van der Waals surface area contributed by atoms with E-state index in [0.29, 0.717) is 13.2 Å². The number of ether oxygens (including phenoxy) is 1. The number of carbonyl (C=O) groups is 1. The van der Waals surface area contributed by atoms with Crippen LogP contribution in [0.4, 0.5) is 0 Å². The zero-order valence-corrected chi connectivity index (χ0v) is 10.1. The van der Waals surface area contributed by atoms with Gasteiger partial charge < -0.3 is 10.1 Å². The van der Waals surface area contributed by atoms with Gasteiger partial charge in [0.15, 0.2) is 0 Å². The molecule has 0 heterocycles. The van der Waals surface area contributed by atoms with Crippen LogP contribution < -0.4 is 5.32 Å². The van der Waals surface area contributed by atoms with Crippen molar-refractivity contribution in [3.05, 3.63) is 0 Å². The molecule has 5 nitrogen and oxygen atoms in total. The lowest BCUT2D eigenvalue weighted by molar-refractivity contribution is -0.117. The van der Waals surface area contributed by atoms with Crippen molar-refractivity contribution in [2.24, 2.45) is 0 Å². The van der Waals surface area contributed by atoms with Gasteiger partial charge in [-0.1, -0.05) is 6.92 Å². The van der Waals surface area contributed by atoms with Crippen LogP contribution in [0.15, 0.2) is 0 Å². The fourth-order valence-corrected chi connectivity index (χ4v) is 1.73. The van der Waals surface area contributed by atoms with Gasteiger partial charge in [-0.05, 0) is 0 Å². The molecule has 15 heavy (non-hydrogen) atoms. The van der Waals surface area contributed by atoms with Gasteiger partial charge in [0.1, 0.15) is 15.6 Å². The minimum atomic E-state index is -3.02. The van der Waals surface area contributed by atoms with Gasteiger partial charge in [0.25, 0.3) is 0 Å². The lowest BCUT2D eigenvalue weighted by atomic mass is 10.3. The molecule has 0 amide bonds. The number of Topliss-reactive ketones (excluding diaryl/α,β-unsaturated/α-hetero) is 1. The number of nitrogens with one attached hydrogen (secondary N) is 1. The zero-order valence-electron chi connectivity index (χ0n) is 9.28. The second-order valence-corrected chi connectivity index (χ2v) is 5.67. The Bertz CT molecular complexity index is 274. The Kier molecular flexibility index (Phi) is 7.54. The highest BCUT2D eigenvalue weighted by Gasteiger charge is 2.10. The van der Waals surface area contributed by atoms with E-state index in [4.69, 9.17) is 4.74 Å². The fraction of sp³-hybridized carbons (Fsp3) is 0.889. The van der Waals surface area contributed by atoms with Crippen molar-refractivity contribution in [3.63, 3.8) is 0 Å². The standard InChI is InChI=1S/C9H19NO4S/c1-3-15(12,13)7-4-9(11)8-10-5-6-14-2/h10H,3-8H2,1-2H3. The third-order valence-electron chi connectivity index (χ3n) is 1.94. The minimum Gasteiger partial charge on any atom is -0.383 e. The van der Waals surface area contributed by atoms with Gasteiger partial charge in [0.2, 0.25) is 0 Å². The number of ketones is 1. The molecule has 90 valence electrons. The van der Waals surface area contributed by atoms with E-state index in [0.717, 1.165) is 0 Å². The predicted octanol–water partition coefficient (Wildman–Crippen LogP) is -0.384. The molecule has 0 aliphatic rings. The van der Waals surface area contributed by atoms with Crippen LogP contribution in [0, 0.1) is 0 Å². The van der Waals surface area contributed by atoms with Crippen molar-refractivity contribution in [2.75, 3.05) is 38.3 Å². The van der Waals surface area contributed by atoms with E-state index < -0.39 is 9.84 Å². The molecule has 0 saturated carbocycles. The van der Waals surface area contributed by atoms with Crippen LogP contribution in [0.5, 0.6) is 0 Å². The smallest absolute Gasteiger partial charge is 0.150 e. The molecule has 0 aromatic rings. The number of hydrogen-bond donors (Lipinski definition) is 1. The monoisotopic (exact) mass is 237 g/mol. The van der Waals surface area contributed by atoms with Gasteiger partial charge in [-0.25, -0.2) is 8.42 Å². The highest BCUT2D eigenvalue weighted by atomic mass is 32.2. The van der Waals surface area contributed by atoms with Crippen LogP contribution in [0.1, 0.15) is 13.3 Å². The lowest BCUT2D eigenvalue weighted by Gasteiger charge is -2.03. The summed E-state index contributed by atoms with van der Waals surface area (Å²) in [7, 11) is -1.44. The SMILES string of the molecule is CCS(=O)(=O)CCC(=O)CNCCOC. The first-order chi connectivity index (χ1) is 7.02. The Balaban J connectivity index is 3.58. The normalized spacial score (nSPS) is 11.6. The average Bonchev–Trinajstić information content (AvgIpc) is 2.22. The van der Waals surface area contributed by atoms with Crippen molar-refractivity contribution >= 4 is 15.6 Å². The molecule has 0 aromatic heterocycles. The van der Waals surface area contributed by atoms with Crippen LogP contribution in [0.3, 0.4) is 0 Å². The maximum atomic E-state index is 11.2. The maximum absolute atomic E-state index is 11.2. The second kappa shape index (κ2) is 7.78. The first kappa shape index (κ1) is 14.5. The van der Waals surface area contributed by atoms with E-state index in [2.05, 4.69) is 5.32 Å². The Labute approximate surface area is 91.1 Å². The van der Waals surface area contributed by atoms with Crippen LogP contribution in [0.25, 0.3) is 0 Å². The molecule has 6 heteroatoms. The topological polar surface area (TPSA) is 72.5 Å². The zero-order chi connectivity index (χ0) is 11.7. The van der Waals surface area contributed by atoms with E-state index in [1.807, 2.05) is 0 Å². The Hall–Kier alpha value is -0.460. The van der Waals surface area contributed by atoms with E-state index >= 15 is 0 Å². The minimum absolute atomic E-state index is 0.0473. The molecule has 0 rings (SSSR count). The molecule has 0 saturated heterocycles. The van der Waals surface area contributed by atoms with Crippen LogP contribution >= 0.6 is 0 Å². The molecule has 0 radical (unpaired) electrons. The summed E-state index contributed by atoms with van der Waals surface area (Å²) in [4.78, 5) is 11.2. The van der Waals surface area contributed by atoms with E-state index in [-0.39, 0.29) is 30.3 Å². The Morgan fingerprint density at radius 1 is 1.40 bits per heavy atom. The van der Waals surface area contributed by atoms with Gasteiger partial charge in [-0.15, -0.1) is 0 Å². The number of rotatable bonds is 9. The van der Waals surface area contributed by atoms with E-state index in [9.17, 15) is 13.2 Å². The summed E-state index contributed by atoms with van der Waals surface area (Å²) >= 11 is 0. The molecule has 0 spiro atoms. The third-order valence-corrected chi connectivity index (χ3v) is 3.64. The summed E-state index contributed by atoms with van der Waals surface area (Å²) in [5.41, 5.74) is 0.